The van der Waals surface area contributed by atoms with Gasteiger partial charge in [0.15, 0.2) is 0 Å². The van der Waals surface area contributed by atoms with Gasteiger partial charge < -0.3 is 13.8 Å². The molecule has 0 aromatic rings. The molecule has 9 heteroatoms. The minimum Gasteiger partial charge on any atom is -0.445 e. The second-order valence-electron chi connectivity index (χ2n) is 2.64. The summed E-state index contributed by atoms with van der Waals surface area (Å²) in [5, 5.41) is 0. The maximum atomic E-state index is 12.0. The molecule has 0 aliphatic carbocycles. The van der Waals surface area contributed by atoms with Gasteiger partial charge in [0.1, 0.15) is 0 Å². The predicted octanol–water partition coefficient (Wildman–Crippen LogP) is 3.12. The number of esters is 1. The first-order valence-corrected chi connectivity index (χ1v) is 6.93. The van der Waals surface area contributed by atoms with Crippen molar-refractivity contribution in [2.45, 2.75) is 23.0 Å². The third-order valence-electron chi connectivity index (χ3n) is 1.61. The molecule has 16 heavy (non-hydrogen) atoms. The standard InChI is InChI=1S/C7H12Cl3O5P/c1-4-5(11)15-6(7(8,9)10)16(12,13-2)14-3/h6H,4H2,1-3H3. The SMILES string of the molecule is CCC(=O)OC(C(Cl)(Cl)Cl)P(=O)(OC)OC. The number of ether oxygens (including phenoxy) is 1. The molecule has 96 valence electrons. The summed E-state index contributed by atoms with van der Waals surface area (Å²) in [6.45, 7) is 1.54. The number of carbonyl (C=O) groups excluding carboxylic acids is 1. The Hall–Kier alpha value is 0.490. The third-order valence-corrected chi connectivity index (χ3v) is 4.74. The van der Waals surface area contributed by atoms with Crippen LogP contribution in [-0.4, -0.2) is 29.8 Å². The monoisotopic (exact) mass is 312 g/mol. The van der Waals surface area contributed by atoms with Crippen LogP contribution in [0.25, 0.3) is 0 Å². The summed E-state index contributed by atoms with van der Waals surface area (Å²) in [6, 6.07) is 0. The van der Waals surface area contributed by atoms with Crippen molar-refractivity contribution < 1.29 is 23.1 Å². The van der Waals surface area contributed by atoms with Gasteiger partial charge >= 0.3 is 13.6 Å². The molecule has 0 saturated carbocycles. The molecule has 1 atom stereocenters. The predicted molar refractivity (Wildman–Crippen MR) is 62.1 cm³/mol. The van der Waals surface area contributed by atoms with Crippen LogP contribution < -0.4 is 0 Å². The van der Waals surface area contributed by atoms with E-state index in [1.165, 1.54) is 0 Å². The highest BCUT2D eigenvalue weighted by atomic mass is 35.6. The van der Waals surface area contributed by atoms with Gasteiger partial charge in [-0.15, -0.1) is 0 Å². The molecule has 0 saturated heterocycles. The molecule has 0 N–H and O–H groups in total. The average molecular weight is 314 g/mol. The molecule has 0 aromatic heterocycles. The molecule has 0 aliphatic heterocycles. The minimum atomic E-state index is -3.82. The zero-order valence-electron chi connectivity index (χ0n) is 8.91. The molecule has 0 bridgehead atoms. The van der Waals surface area contributed by atoms with Gasteiger partial charge in [-0.3, -0.25) is 9.36 Å². The fourth-order valence-electron chi connectivity index (χ4n) is 0.785. The maximum Gasteiger partial charge on any atom is 0.374 e. The van der Waals surface area contributed by atoms with Gasteiger partial charge in [0, 0.05) is 20.6 Å². The Morgan fingerprint density at radius 2 is 1.75 bits per heavy atom. The van der Waals surface area contributed by atoms with Crippen LogP contribution in [0.2, 0.25) is 0 Å². The highest BCUT2D eigenvalue weighted by molar-refractivity contribution is 7.55. The summed E-state index contributed by atoms with van der Waals surface area (Å²) in [7, 11) is -1.61. The first kappa shape index (κ1) is 16.5. The molecule has 0 spiro atoms. The second kappa shape index (κ2) is 6.43. The van der Waals surface area contributed by atoms with Gasteiger partial charge in [-0.1, -0.05) is 41.7 Å². The molecule has 5 nitrogen and oxygen atoms in total. The maximum absolute atomic E-state index is 12.0. The summed E-state index contributed by atoms with van der Waals surface area (Å²) in [6.07, 6.45) is 0.0463. The Morgan fingerprint density at radius 1 is 1.31 bits per heavy atom. The van der Waals surface area contributed by atoms with E-state index in [0.29, 0.717) is 0 Å². The van der Waals surface area contributed by atoms with E-state index in [2.05, 4.69) is 9.05 Å². The highest BCUT2D eigenvalue weighted by Crippen LogP contribution is 2.59. The third kappa shape index (κ3) is 4.40. The Bertz CT molecular complexity index is 282. The van der Waals surface area contributed by atoms with E-state index in [1.54, 1.807) is 6.92 Å². The van der Waals surface area contributed by atoms with Crippen LogP contribution in [0.5, 0.6) is 0 Å². The van der Waals surface area contributed by atoms with Crippen LogP contribution in [0.3, 0.4) is 0 Å². The van der Waals surface area contributed by atoms with Crippen molar-refractivity contribution in [3.05, 3.63) is 0 Å². The summed E-state index contributed by atoms with van der Waals surface area (Å²) in [4.78, 5) is 11.1. The minimum absolute atomic E-state index is 0.0463. The number of hydrogen-bond donors (Lipinski definition) is 0. The second-order valence-corrected chi connectivity index (χ2v) is 7.29. The normalized spacial score (nSPS) is 14.6. The van der Waals surface area contributed by atoms with E-state index >= 15 is 0 Å². The van der Waals surface area contributed by atoms with E-state index in [9.17, 15) is 9.36 Å². The molecule has 0 amide bonds. The van der Waals surface area contributed by atoms with Crippen molar-refractivity contribution in [3.63, 3.8) is 0 Å². The number of hydrogen-bond acceptors (Lipinski definition) is 5. The molecule has 1 unspecified atom stereocenters. The summed E-state index contributed by atoms with van der Waals surface area (Å²) >= 11 is 16.7. The van der Waals surface area contributed by atoms with E-state index in [1.807, 2.05) is 0 Å². The van der Waals surface area contributed by atoms with Crippen molar-refractivity contribution in [1.82, 2.24) is 0 Å². The van der Waals surface area contributed by atoms with Crippen LogP contribution in [0.15, 0.2) is 0 Å². The fraction of sp³-hybridized carbons (Fsp3) is 0.857. The number of alkyl halides is 3. The van der Waals surface area contributed by atoms with E-state index in [4.69, 9.17) is 39.5 Å². The van der Waals surface area contributed by atoms with Crippen LogP contribution in [-0.2, 0) is 23.1 Å². The van der Waals surface area contributed by atoms with E-state index in [-0.39, 0.29) is 6.42 Å². The lowest BCUT2D eigenvalue weighted by atomic mass is 10.5. The van der Waals surface area contributed by atoms with Crippen molar-refractivity contribution in [3.8, 4) is 0 Å². The topological polar surface area (TPSA) is 61.8 Å². The van der Waals surface area contributed by atoms with Crippen molar-refractivity contribution in [2.75, 3.05) is 14.2 Å². The van der Waals surface area contributed by atoms with Crippen LogP contribution >= 0.6 is 42.4 Å². The van der Waals surface area contributed by atoms with Crippen LogP contribution in [0.1, 0.15) is 13.3 Å². The Balaban J connectivity index is 5.10. The van der Waals surface area contributed by atoms with Crippen molar-refractivity contribution in [1.29, 1.82) is 0 Å². The van der Waals surface area contributed by atoms with Crippen LogP contribution in [0, 0.1) is 0 Å². The summed E-state index contributed by atoms with van der Waals surface area (Å²) in [5.74, 6) is -2.28. The highest BCUT2D eigenvalue weighted by Gasteiger charge is 2.51. The summed E-state index contributed by atoms with van der Waals surface area (Å²) < 4.78 is 23.9. The quantitative estimate of drug-likeness (QED) is 0.443. The lowest BCUT2D eigenvalue weighted by molar-refractivity contribution is -0.145. The first-order valence-electron chi connectivity index (χ1n) is 4.18. The van der Waals surface area contributed by atoms with E-state index in [0.717, 1.165) is 14.2 Å². The lowest BCUT2D eigenvalue weighted by Crippen LogP contribution is -2.32. The number of halogens is 3. The number of rotatable bonds is 5. The smallest absolute Gasteiger partial charge is 0.374 e. The van der Waals surface area contributed by atoms with Gasteiger partial charge in [-0.25, -0.2) is 0 Å². The first-order chi connectivity index (χ1) is 7.21. The summed E-state index contributed by atoms with van der Waals surface area (Å²) in [5.41, 5.74) is 0. The van der Waals surface area contributed by atoms with Gasteiger partial charge in [0.05, 0.1) is 0 Å². The fourth-order valence-corrected chi connectivity index (χ4v) is 3.13. The number of carbonyl (C=O) groups is 1. The molecule has 0 aromatic carbocycles. The Kier molecular flexibility index (Phi) is 6.63. The largest absolute Gasteiger partial charge is 0.445 e. The van der Waals surface area contributed by atoms with Crippen molar-refractivity contribution in [2.24, 2.45) is 0 Å². The average Bonchev–Trinajstić information content (AvgIpc) is 2.22. The zero-order valence-corrected chi connectivity index (χ0v) is 12.1. The Labute approximate surface area is 109 Å². The van der Waals surface area contributed by atoms with Crippen molar-refractivity contribution >= 4 is 48.4 Å². The molecule has 0 radical (unpaired) electrons. The molecule has 0 heterocycles. The lowest BCUT2D eigenvalue weighted by Gasteiger charge is -2.28. The van der Waals surface area contributed by atoms with Gasteiger partial charge in [0.2, 0.25) is 9.64 Å². The molecular weight excluding hydrogens is 301 g/mol. The van der Waals surface area contributed by atoms with Gasteiger partial charge in [0.25, 0.3) is 0 Å². The van der Waals surface area contributed by atoms with Crippen LogP contribution in [0.4, 0.5) is 0 Å². The Morgan fingerprint density at radius 3 is 2.00 bits per heavy atom. The van der Waals surface area contributed by atoms with Gasteiger partial charge in [-0.2, -0.15) is 0 Å². The van der Waals surface area contributed by atoms with Gasteiger partial charge in [-0.05, 0) is 0 Å². The molecule has 0 fully saturated rings. The molecular formula is C7H12Cl3O5P. The molecule has 0 aliphatic rings. The zero-order chi connectivity index (χ0) is 13.0. The van der Waals surface area contributed by atoms with E-state index < -0.39 is 23.2 Å². The molecule has 0 rings (SSSR count).